The number of terminal acetylenes is 1. The molecule has 0 aromatic heterocycles. The molecule has 0 spiro atoms. The summed E-state index contributed by atoms with van der Waals surface area (Å²) in [5, 5.41) is 2.16. The molecule has 5 heteroatoms. The van der Waals surface area contributed by atoms with E-state index in [1.165, 1.54) is 24.3 Å². The van der Waals surface area contributed by atoms with Gasteiger partial charge in [-0.2, -0.15) is 13.2 Å². The number of halogens is 3. The van der Waals surface area contributed by atoms with Gasteiger partial charge in [0.05, 0.1) is 11.3 Å². The first-order chi connectivity index (χ1) is 8.45. The van der Waals surface area contributed by atoms with Crippen molar-refractivity contribution in [3.05, 3.63) is 42.0 Å². The minimum atomic E-state index is -4.51. The van der Waals surface area contributed by atoms with Crippen molar-refractivity contribution in [3.8, 4) is 12.3 Å². The zero-order valence-electron chi connectivity index (χ0n) is 9.29. The summed E-state index contributed by atoms with van der Waals surface area (Å²) < 4.78 is 37.8. The van der Waals surface area contributed by atoms with Gasteiger partial charge >= 0.3 is 6.18 Å². The first-order valence-corrected chi connectivity index (χ1v) is 5.02. The van der Waals surface area contributed by atoms with Crippen molar-refractivity contribution in [2.45, 2.75) is 12.6 Å². The van der Waals surface area contributed by atoms with Crippen molar-refractivity contribution in [1.82, 2.24) is 0 Å². The Labute approximate surface area is 103 Å². The van der Waals surface area contributed by atoms with Crippen molar-refractivity contribution in [3.63, 3.8) is 0 Å². The highest BCUT2D eigenvalue weighted by Gasteiger charge is 2.33. The first kappa shape index (κ1) is 13.8. The van der Waals surface area contributed by atoms with Gasteiger partial charge in [0.15, 0.2) is 0 Å². The molecule has 0 atom stereocenters. The number of amides is 1. The molecule has 0 aliphatic carbocycles. The third kappa shape index (κ3) is 3.98. The summed E-state index contributed by atoms with van der Waals surface area (Å²) in [7, 11) is 0. The lowest BCUT2D eigenvalue weighted by molar-refractivity contribution is -0.136. The molecule has 1 aromatic rings. The second-order valence-corrected chi connectivity index (χ2v) is 3.34. The van der Waals surface area contributed by atoms with Crippen LogP contribution in [0, 0.1) is 12.3 Å². The number of para-hydroxylation sites is 1. The summed E-state index contributed by atoms with van der Waals surface area (Å²) >= 11 is 0. The molecule has 1 N–H and O–H groups in total. The lowest BCUT2D eigenvalue weighted by atomic mass is 10.1. The fourth-order valence-electron chi connectivity index (χ4n) is 1.25. The predicted octanol–water partition coefficient (Wildman–Crippen LogP) is 3.22. The maximum Gasteiger partial charge on any atom is 0.418 e. The summed E-state index contributed by atoms with van der Waals surface area (Å²) in [5.41, 5.74) is -1.16. The van der Waals surface area contributed by atoms with Crippen molar-refractivity contribution in [2.75, 3.05) is 5.32 Å². The van der Waals surface area contributed by atoms with Gasteiger partial charge in [0.2, 0.25) is 5.91 Å². The minimum absolute atomic E-state index is 0.244. The highest BCUT2D eigenvalue weighted by Crippen LogP contribution is 2.34. The molecule has 0 bridgehead atoms. The van der Waals surface area contributed by atoms with E-state index in [2.05, 4.69) is 11.2 Å². The molecule has 0 saturated carbocycles. The summed E-state index contributed by atoms with van der Waals surface area (Å²) in [6, 6.07) is 4.76. The highest BCUT2D eigenvalue weighted by molar-refractivity contribution is 5.99. The Hall–Kier alpha value is -2.22. The lowest BCUT2D eigenvalue weighted by Gasteiger charge is -2.12. The monoisotopic (exact) mass is 253 g/mol. The third-order valence-corrected chi connectivity index (χ3v) is 2.00. The van der Waals surface area contributed by atoms with Gasteiger partial charge < -0.3 is 5.32 Å². The summed E-state index contributed by atoms with van der Waals surface area (Å²) in [6.45, 7) is 0. The molecule has 1 amide bonds. The number of allylic oxidation sites excluding steroid dienone is 1. The quantitative estimate of drug-likeness (QED) is 0.650. The fourth-order valence-corrected chi connectivity index (χ4v) is 1.25. The molecule has 2 nitrogen and oxygen atoms in total. The average Bonchev–Trinajstić information content (AvgIpc) is 2.28. The van der Waals surface area contributed by atoms with E-state index < -0.39 is 17.6 Å². The number of hydrogen-bond donors (Lipinski definition) is 1. The van der Waals surface area contributed by atoms with Crippen molar-refractivity contribution in [2.24, 2.45) is 0 Å². The van der Waals surface area contributed by atoms with Gasteiger partial charge in [0.1, 0.15) is 0 Å². The SMILES string of the molecule is C#CC/C=C/C(=O)Nc1ccccc1C(F)(F)F. The van der Waals surface area contributed by atoms with Crippen molar-refractivity contribution < 1.29 is 18.0 Å². The number of anilines is 1. The van der Waals surface area contributed by atoms with Gasteiger partial charge in [-0.05, 0) is 12.1 Å². The van der Waals surface area contributed by atoms with Crippen LogP contribution in [-0.2, 0) is 11.0 Å². The van der Waals surface area contributed by atoms with E-state index in [9.17, 15) is 18.0 Å². The predicted molar refractivity (Wildman–Crippen MR) is 62.7 cm³/mol. The molecule has 0 unspecified atom stereocenters. The Morgan fingerprint density at radius 1 is 1.39 bits per heavy atom. The molecule has 0 heterocycles. The van der Waals surface area contributed by atoms with Crippen LogP contribution in [0.1, 0.15) is 12.0 Å². The zero-order valence-corrected chi connectivity index (χ0v) is 9.29. The number of benzene rings is 1. The Kier molecular flexibility index (Phi) is 4.55. The van der Waals surface area contributed by atoms with Crippen LogP contribution in [0.15, 0.2) is 36.4 Å². The van der Waals surface area contributed by atoms with Gasteiger partial charge in [0, 0.05) is 12.5 Å². The summed E-state index contributed by atoms with van der Waals surface area (Å²) in [6.07, 6.45) is 3.20. The Morgan fingerprint density at radius 2 is 2.06 bits per heavy atom. The standard InChI is InChI=1S/C13H10F3NO/c1-2-3-4-9-12(18)17-11-8-6-5-7-10(11)13(14,15)16/h1,4-9H,3H2,(H,17,18)/b9-4+. The van der Waals surface area contributed by atoms with E-state index in [-0.39, 0.29) is 12.1 Å². The van der Waals surface area contributed by atoms with Crippen LogP contribution in [0.4, 0.5) is 18.9 Å². The van der Waals surface area contributed by atoms with Gasteiger partial charge in [-0.3, -0.25) is 4.79 Å². The van der Waals surface area contributed by atoms with Crippen LogP contribution >= 0.6 is 0 Å². The second kappa shape index (κ2) is 5.92. The smallest absolute Gasteiger partial charge is 0.322 e. The maximum absolute atomic E-state index is 12.6. The lowest BCUT2D eigenvalue weighted by Crippen LogP contribution is -2.14. The van der Waals surface area contributed by atoms with Crippen LogP contribution < -0.4 is 5.32 Å². The van der Waals surface area contributed by atoms with Crippen LogP contribution in [0.2, 0.25) is 0 Å². The molecule has 0 saturated heterocycles. The maximum atomic E-state index is 12.6. The molecule has 0 aliphatic heterocycles. The number of nitrogens with one attached hydrogen (secondary N) is 1. The fraction of sp³-hybridized carbons (Fsp3) is 0.154. The molecular formula is C13H10F3NO. The molecule has 1 rings (SSSR count). The van der Waals surface area contributed by atoms with Gasteiger partial charge in [-0.15, -0.1) is 12.3 Å². The number of hydrogen-bond acceptors (Lipinski definition) is 1. The number of carbonyl (C=O) groups excluding carboxylic acids is 1. The van der Waals surface area contributed by atoms with E-state index in [1.54, 1.807) is 0 Å². The summed E-state index contributed by atoms with van der Waals surface area (Å²) in [5.74, 6) is 1.62. The average molecular weight is 253 g/mol. The Bertz CT molecular complexity index is 498. The number of rotatable bonds is 3. The minimum Gasteiger partial charge on any atom is -0.322 e. The van der Waals surface area contributed by atoms with Gasteiger partial charge in [-0.1, -0.05) is 18.2 Å². The molecule has 94 valence electrons. The van der Waals surface area contributed by atoms with Crippen molar-refractivity contribution >= 4 is 11.6 Å². The summed E-state index contributed by atoms with van der Waals surface area (Å²) in [4.78, 5) is 11.3. The molecule has 0 aliphatic rings. The molecular weight excluding hydrogens is 243 g/mol. The Morgan fingerprint density at radius 3 is 2.67 bits per heavy atom. The normalized spacial score (nSPS) is 11.2. The third-order valence-electron chi connectivity index (χ3n) is 2.00. The second-order valence-electron chi connectivity index (χ2n) is 3.34. The van der Waals surface area contributed by atoms with E-state index in [1.807, 2.05) is 0 Å². The highest BCUT2D eigenvalue weighted by atomic mass is 19.4. The van der Waals surface area contributed by atoms with Crippen LogP contribution in [0.5, 0.6) is 0 Å². The van der Waals surface area contributed by atoms with Crippen molar-refractivity contribution in [1.29, 1.82) is 0 Å². The first-order valence-electron chi connectivity index (χ1n) is 5.02. The van der Waals surface area contributed by atoms with Gasteiger partial charge in [0.25, 0.3) is 0 Å². The number of alkyl halides is 3. The van der Waals surface area contributed by atoms with E-state index in [0.29, 0.717) is 0 Å². The molecule has 1 aromatic carbocycles. The zero-order chi connectivity index (χ0) is 13.6. The molecule has 18 heavy (non-hydrogen) atoms. The van der Waals surface area contributed by atoms with Crippen LogP contribution in [0.25, 0.3) is 0 Å². The van der Waals surface area contributed by atoms with E-state index in [4.69, 9.17) is 6.42 Å². The topological polar surface area (TPSA) is 29.1 Å². The van der Waals surface area contributed by atoms with Gasteiger partial charge in [-0.25, -0.2) is 0 Å². The molecule has 0 radical (unpaired) electrons. The largest absolute Gasteiger partial charge is 0.418 e. The molecule has 0 fully saturated rings. The van der Waals surface area contributed by atoms with Crippen LogP contribution in [0.3, 0.4) is 0 Å². The van der Waals surface area contributed by atoms with Crippen LogP contribution in [-0.4, -0.2) is 5.91 Å². The Balaban J connectivity index is 2.86. The van der Waals surface area contributed by atoms with E-state index in [0.717, 1.165) is 12.1 Å². The van der Waals surface area contributed by atoms with E-state index >= 15 is 0 Å². The number of carbonyl (C=O) groups is 1.